The van der Waals surface area contributed by atoms with Crippen molar-refractivity contribution in [3.05, 3.63) is 30.1 Å². The van der Waals surface area contributed by atoms with E-state index in [4.69, 9.17) is 0 Å². The third-order valence-corrected chi connectivity index (χ3v) is 5.70. The average Bonchev–Trinajstić information content (AvgIpc) is 3.10. The highest BCUT2D eigenvalue weighted by atomic mass is 16.5. The fraction of sp³-hybridized carbons (Fsp3) is 0.647. The standard InChI is InChI=1S/C17H23N3O2/c21-16(15-3-5-17(6-7-17)12-20(15)22)19-9-4-14(11-19)13-2-1-8-18-10-13/h1-2,8,10,14-15,22H,3-7,9,11-12H2. The fourth-order valence-corrected chi connectivity index (χ4v) is 4.02. The highest BCUT2D eigenvalue weighted by Gasteiger charge is 2.50. The summed E-state index contributed by atoms with van der Waals surface area (Å²) >= 11 is 0. The molecule has 2 aliphatic heterocycles. The lowest BCUT2D eigenvalue weighted by Gasteiger charge is -2.36. The predicted molar refractivity (Wildman–Crippen MR) is 81.4 cm³/mol. The van der Waals surface area contributed by atoms with E-state index in [9.17, 15) is 10.0 Å². The van der Waals surface area contributed by atoms with Gasteiger partial charge >= 0.3 is 0 Å². The molecule has 118 valence electrons. The summed E-state index contributed by atoms with van der Waals surface area (Å²) in [5, 5.41) is 11.5. The van der Waals surface area contributed by atoms with Crippen molar-refractivity contribution in [2.24, 2.45) is 5.41 Å². The van der Waals surface area contributed by atoms with Crippen LogP contribution >= 0.6 is 0 Å². The maximum Gasteiger partial charge on any atom is 0.242 e. The molecule has 0 aromatic carbocycles. The molecule has 3 aliphatic rings. The molecule has 1 aromatic heterocycles. The molecule has 1 N–H and O–H groups in total. The van der Waals surface area contributed by atoms with Crippen LogP contribution in [-0.2, 0) is 4.79 Å². The molecule has 1 saturated carbocycles. The smallest absolute Gasteiger partial charge is 0.242 e. The Hall–Kier alpha value is -1.46. The molecule has 2 saturated heterocycles. The van der Waals surface area contributed by atoms with Crippen molar-refractivity contribution in [2.45, 2.75) is 44.1 Å². The summed E-state index contributed by atoms with van der Waals surface area (Å²) in [6.07, 6.45) is 8.95. The molecule has 2 atom stereocenters. The third-order valence-electron chi connectivity index (χ3n) is 5.70. The number of hydrogen-bond donors (Lipinski definition) is 1. The van der Waals surface area contributed by atoms with Crippen LogP contribution in [0.25, 0.3) is 0 Å². The minimum absolute atomic E-state index is 0.101. The number of amides is 1. The van der Waals surface area contributed by atoms with E-state index in [0.29, 0.717) is 17.9 Å². The second-order valence-corrected chi connectivity index (χ2v) is 7.21. The van der Waals surface area contributed by atoms with Crippen LogP contribution in [0.2, 0.25) is 0 Å². The summed E-state index contributed by atoms with van der Waals surface area (Å²) < 4.78 is 0. The molecule has 1 aromatic rings. The van der Waals surface area contributed by atoms with Crippen molar-refractivity contribution in [3.8, 4) is 0 Å². The lowest BCUT2D eigenvalue weighted by Crippen LogP contribution is -2.51. The maximum atomic E-state index is 12.7. The number of carbonyl (C=O) groups is 1. The first-order valence-corrected chi connectivity index (χ1v) is 8.31. The van der Waals surface area contributed by atoms with Gasteiger partial charge in [-0.15, -0.1) is 0 Å². The Bertz CT molecular complexity index is 558. The Morgan fingerprint density at radius 3 is 2.86 bits per heavy atom. The van der Waals surface area contributed by atoms with E-state index in [1.807, 2.05) is 17.2 Å². The molecule has 0 bridgehead atoms. The summed E-state index contributed by atoms with van der Waals surface area (Å²) in [5.74, 6) is 0.479. The van der Waals surface area contributed by atoms with E-state index in [1.165, 1.54) is 23.5 Å². The molecule has 1 spiro atoms. The van der Waals surface area contributed by atoms with Crippen LogP contribution in [-0.4, -0.2) is 51.7 Å². The highest BCUT2D eigenvalue weighted by Crippen LogP contribution is 2.52. The Balaban J connectivity index is 1.39. The summed E-state index contributed by atoms with van der Waals surface area (Å²) in [4.78, 5) is 18.8. The highest BCUT2D eigenvalue weighted by molar-refractivity contribution is 5.82. The van der Waals surface area contributed by atoms with E-state index in [-0.39, 0.29) is 11.9 Å². The number of carbonyl (C=O) groups excluding carboxylic acids is 1. The lowest BCUT2D eigenvalue weighted by atomic mass is 9.91. The number of likely N-dealkylation sites (tertiary alicyclic amines) is 1. The Labute approximate surface area is 130 Å². The molecule has 1 amide bonds. The molecule has 0 radical (unpaired) electrons. The number of pyridine rings is 1. The molecular weight excluding hydrogens is 278 g/mol. The first-order chi connectivity index (χ1) is 10.7. The van der Waals surface area contributed by atoms with Gasteiger partial charge in [0.2, 0.25) is 5.91 Å². The van der Waals surface area contributed by atoms with Gasteiger partial charge in [-0.25, -0.2) is 0 Å². The number of hydrogen-bond acceptors (Lipinski definition) is 4. The third kappa shape index (κ3) is 2.52. The quantitative estimate of drug-likeness (QED) is 0.908. The number of nitrogens with zero attached hydrogens (tertiary/aromatic N) is 3. The van der Waals surface area contributed by atoms with Crippen LogP contribution in [0.3, 0.4) is 0 Å². The zero-order chi connectivity index (χ0) is 15.2. The normalized spacial score (nSPS) is 30.7. The van der Waals surface area contributed by atoms with Gasteiger partial charge in [0.25, 0.3) is 0 Å². The molecule has 1 aliphatic carbocycles. The Morgan fingerprint density at radius 2 is 2.18 bits per heavy atom. The maximum absolute atomic E-state index is 12.7. The van der Waals surface area contributed by atoms with Crippen LogP contribution < -0.4 is 0 Å². The van der Waals surface area contributed by atoms with Gasteiger partial charge < -0.3 is 10.1 Å². The minimum Gasteiger partial charge on any atom is -0.341 e. The second kappa shape index (κ2) is 5.32. The van der Waals surface area contributed by atoms with Crippen molar-refractivity contribution in [1.82, 2.24) is 14.9 Å². The second-order valence-electron chi connectivity index (χ2n) is 7.21. The molecule has 5 heteroatoms. The minimum atomic E-state index is -0.334. The largest absolute Gasteiger partial charge is 0.341 e. The van der Waals surface area contributed by atoms with Gasteiger partial charge in [0, 0.05) is 37.9 Å². The zero-order valence-corrected chi connectivity index (χ0v) is 12.8. The van der Waals surface area contributed by atoms with E-state index >= 15 is 0 Å². The summed E-state index contributed by atoms with van der Waals surface area (Å²) in [7, 11) is 0. The fourth-order valence-electron chi connectivity index (χ4n) is 4.02. The molecule has 22 heavy (non-hydrogen) atoms. The summed E-state index contributed by atoms with van der Waals surface area (Å²) in [6, 6.07) is 3.70. The van der Waals surface area contributed by atoms with E-state index < -0.39 is 0 Å². The molecule has 3 fully saturated rings. The van der Waals surface area contributed by atoms with Crippen LogP contribution in [0, 0.1) is 5.41 Å². The van der Waals surface area contributed by atoms with Crippen molar-refractivity contribution in [1.29, 1.82) is 0 Å². The molecule has 3 heterocycles. The van der Waals surface area contributed by atoms with Gasteiger partial charge in [-0.05, 0) is 49.1 Å². The Morgan fingerprint density at radius 1 is 1.32 bits per heavy atom. The van der Waals surface area contributed by atoms with Crippen LogP contribution in [0.1, 0.15) is 43.6 Å². The molecule has 2 unspecified atom stereocenters. The first-order valence-electron chi connectivity index (χ1n) is 8.31. The van der Waals surface area contributed by atoms with Gasteiger partial charge in [0.05, 0.1) is 0 Å². The van der Waals surface area contributed by atoms with Crippen molar-refractivity contribution >= 4 is 5.91 Å². The summed E-state index contributed by atoms with van der Waals surface area (Å²) in [5.41, 5.74) is 1.54. The molecule has 4 rings (SSSR count). The number of piperidine rings is 1. The van der Waals surface area contributed by atoms with E-state index in [2.05, 4.69) is 11.1 Å². The van der Waals surface area contributed by atoms with Gasteiger partial charge in [-0.3, -0.25) is 9.78 Å². The van der Waals surface area contributed by atoms with Crippen molar-refractivity contribution < 1.29 is 10.0 Å². The van der Waals surface area contributed by atoms with Crippen molar-refractivity contribution in [3.63, 3.8) is 0 Å². The number of aromatic nitrogens is 1. The van der Waals surface area contributed by atoms with Crippen LogP contribution in [0.5, 0.6) is 0 Å². The van der Waals surface area contributed by atoms with Crippen molar-refractivity contribution in [2.75, 3.05) is 19.6 Å². The summed E-state index contributed by atoms with van der Waals surface area (Å²) in [6.45, 7) is 2.21. The topological polar surface area (TPSA) is 56.7 Å². The van der Waals surface area contributed by atoms with Gasteiger partial charge in [-0.2, -0.15) is 5.06 Å². The molecule has 5 nitrogen and oxygen atoms in total. The van der Waals surface area contributed by atoms with Gasteiger partial charge in [0.15, 0.2) is 0 Å². The van der Waals surface area contributed by atoms with Crippen LogP contribution in [0.15, 0.2) is 24.5 Å². The zero-order valence-electron chi connectivity index (χ0n) is 12.8. The first kappa shape index (κ1) is 14.2. The van der Waals surface area contributed by atoms with E-state index in [1.54, 1.807) is 6.20 Å². The molecular formula is C17H23N3O2. The number of rotatable bonds is 2. The van der Waals surface area contributed by atoms with Crippen LogP contribution in [0.4, 0.5) is 0 Å². The lowest BCUT2D eigenvalue weighted by molar-refractivity contribution is -0.179. The Kier molecular flexibility index (Phi) is 3.42. The van der Waals surface area contributed by atoms with Gasteiger partial charge in [-0.1, -0.05) is 6.07 Å². The monoisotopic (exact) mass is 301 g/mol. The SMILES string of the molecule is O=C(C1CCC2(CC2)CN1O)N1CCC(c2cccnc2)C1. The van der Waals surface area contributed by atoms with E-state index in [0.717, 1.165) is 32.4 Å². The van der Waals surface area contributed by atoms with Gasteiger partial charge in [0.1, 0.15) is 6.04 Å². The number of hydroxylamine groups is 2. The average molecular weight is 301 g/mol. The predicted octanol–water partition coefficient (Wildman–Crippen LogP) is 2.03.